The number of aliphatic carboxylic acids is 2. The van der Waals surface area contributed by atoms with E-state index in [0.29, 0.717) is 12.0 Å². The molecule has 1 aliphatic rings. The third-order valence-electron chi connectivity index (χ3n) is 14.3. The number of aliphatic hydroxyl groups excluding tert-OH is 2. The Balaban J connectivity index is 2.12. The maximum absolute atomic E-state index is 14.1. The molecule has 15 amide bonds. The van der Waals surface area contributed by atoms with Gasteiger partial charge in [-0.1, -0.05) is 58.0 Å². The number of nitrogens with two attached hydrogens (primary N) is 2. The van der Waals surface area contributed by atoms with E-state index in [1.165, 1.54) is 20.8 Å². The van der Waals surface area contributed by atoms with E-state index in [2.05, 4.69) is 63.8 Å². The van der Waals surface area contributed by atoms with Gasteiger partial charge in [-0.3, -0.25) is 81.5 Å². The number of hydrogen-bond donors (Lipinski definition) is 19. The zero-order valence-corrected chi connectivity index (χ0v) is 54.7. The number of aliphatic hydroxyl groups is 2. The van der Waals surface area contributed by atoms with Gasteiger partial charge in [0, 0.05) is 19.4 Å². The summed E-state index contributed by atoms with van der Waals surface area (Å²) in [7, 11) is 0. The molecule has 1 saturated heterocycles. The number of benzene rings is 1. The van der Waals surface area contributed by atoms with Crippen molar-refractivity contribution >= 4 is 101 Å². The van der Waals surface area contributed by atoms with Crippen LogP contribution in [0.1, 0.15) is 106 Å². The number of rotatable bonds is 41. The molecular weight excluding hydrogens is 1270 g/mol. The van der Waals surface area contributed by atoms with Gasteiger partial charge in [0.05, 0.1) is 44.8 Å². The van der Waals surface area contributed by atoms with Crippen LogP contribution in [-0.4, -0.2) is 238 Å². The average Bonchev–Trinajstić information content (AvgIpc) is 1.62. The molecule has 0 radical (unpaired) electrons. The Hall–Kier alpha value is -9.91. The number of carboxylic acids is 2. The SMILES string of the molecule is CC(C)C[C@H](NC(=O)[C@H](C)NC(=O)[C@H](C)NC(=O)[C@H](C)NC(=O)[C@@H](N)CC(C)C)C(=O)NCC(=O)N[C@@H](CO)C(=O)N1CCC[C@H]1C(=O)N[C@@H](Cc1ccccc1)C(=O)N[C@@H](CC(=O)O)C(=O)NCC(=O)NCC(=O)N[C@H](C(=O)N[C@@H](CCC(N)=O)C(=O)NCC(=O)O)[C@@H](C)O. The summed E-state index contributed by atoms with van der Waals surface area (Å²) < 4.78 is 0. The summed E-state index contributed by atoms with van der Waals surface area (Å²) in [4.78, 5) is 220. The van der Waals surface area contributed by atoms with E-state index in [-0.39, 0.29) is 44.1 Å². The molecule has 0 saturated carbocycles. The molecule has 0 aliphatic carbocycles. The number of carbonyl (C=O) groups is 17. The monoisotopic (exact) mass is 1360 g/mol. The molecule has 1 fully saturated rings. The van der Waals surface area contributed by atoms with Crippen molar-refractivity contribution in [3.63, 3.8) is 0 Å². The third kappa shape index (κ3) is 30.0. The second-order valence-electron chi connectivity index (χ2n) is 23.7. The minimum absolute atomic E-state index is 0.0110. The highest BCUT2D eigenvalue weighted by Gasteiger charge is 2.40. The number of hydrogen-bond acceptors (Lipinski definition) is 20. The van der Waals surface area contributed by atoms with Crippen LogP contribution in [0.5, 0.6) is 0 Å². The molecule has 1 aromatic rings. The van der Waals surface area contributed by atoms with Crippen molar-refractivity contribution in [3.05, 3.63) is 35.9 Å². The van der Waals surface area contributed by atoms with Gasteiger partial charge >= 0.3 is 11.9 Å². The Morgan fingerprint density at radius 1 is 0.510 bits per heavy atom. The first-order chi connectivity index (χ1) is 44.9. The van der Waals surface area contributed by atoms with Crippen molar-refractivity contribution in [2.75, 3.05) is 39.3 Å². The van der Waals surface area contributed by atoms with E-state index in [9.17, 15) is 96.8 Å². The number of carbonyl (C=O) groups excluding carboxylic acids is 15. The average molecular weight is 1360 g/mol. The Bertz CT molecular complexity index is 2950. The topological polar surface area (TPSA) is 583 Å². The minimum atomic E-state index is -1.91. The van der Waals surface area contributed by atoms with Gasteiger partial charge in [-0.15, -0.1) is 0 Å². The van der Waals surface area contributed by atoms with Gasteiger partial charge in [0.25, 0.3) is 0 Å². The van der Waals surface area contributed by atoms with Crippen LogP contribution in [0.3, 0.4) is 0 Å². The van der Waals surface area contributed by atoms with Gasteiger partial charge in [0.2, 0.25) is 88.6 Å². The fraction of sp³-hybridized carbons (Fsp3) is 0.610. The molecule has 1 aliphatic heterocycles. The first-order valence-corrected chi connectivity index (χ1v) is 30.9. The number of primary amides is 1. The number of nitrogens with zero attached hydrogens (tertiary/aromatic N) is 1. The lowest BCUT2D eigenvalue weighted by Crippen LogP contribution is -2.59. The molecule has 0 spiro atoms. The summed E-state index contributed by atoms with van der Waals surface area (Å²) in [6.07, 6.45) is -3.15. The van der Waals surface area contributed by atoms with Crippen molar-refractivity contribution < 1.29 is 102 Å². The zero-order valence-electron chi connectivity index (χ0n) is 54.7. The second-order valence-corrected chi connectivity index (χ2v) is 23.7. The Morgan fingerprint density at radius 3 is 1.53 bits per heavy atom. The van der Waals surface area contributed by atoms with Gasteiger partial charge in [0.1, 0.15) is 67.0 Å². The smallest absolute Gasteiger partial charge is 0.322 e. The molecule has 534 valence electrons. The highest BCUT2D eigenvalue weighted by Crippen LogP contribution is 2.20. The number of amides is 15. The summed E-state index contributed by atoms with van der Waals surface area (Å²) in [5, 5.41) is 69.2. The van der Waals surface area contributed by atoms with Crippen molar-refractivity contribution in [2.24, 2.45) is 23.3 Å². The predicted molar refractivity (Wildman–Crippen MR) is 335 cm³/mol. The van der Waals surface area contributed by atoms with E-state index in [1.807, 2.05) is 19.2 Å². The molecule has 0 unspecified atom stereocenters. The lowest BCUT2D eigenvalue weighted by molar-refractivity contribution is -0.143. The molecular formula is C59H92N16O21. The normalized spacial score (nSPS) is 16.0. The fourth-order valence-corrected chi connectivity index (χ4v) is 9.28. The standard InChI is InChI=1S/C59H92N16O21/c1-28(2)19-35(60)52(89)68-31(6)50(87)66-30(5)49(86)67-32(7)51(88)71-37(20-29(3)4)54(91)64-25-44(80)69-40(27-76)59(96)75-18-12-15-41(75)57(94)73-38(21-34-13-10-9-11-14-34)56(93)72-39(22-46(82)83)55(92)63-23-43(79)62-24-45(81)74-48(33(8)77)58(95)70-36(16-17-42(61)78)53(90)65-26-47(84)85/h9-11,13-14,28-33,35-41,48,76-77H,12,15-27,60H2,1-8H3,(H2,61,78)(H,62,79)(H,63,92)(H,64,91)(H,65,90)(H,66,87)(H,67,86)(H,68,89)(H,69,80)(H,70,95)(H,71,88)(H,72,93)(H,73,94)(H,74,81)(H,82,83)(H,84,85)/t30-,31-,32-,33+,35-,36-,37-,38-,39-,40-,41-,48-/m0/s1. The van der Waals surface area contributed by atoms with Crippen molar-refractivity contribution in [2.45, 2.75) is 179 Å². The molecule has 2 rings (SSSR count). The molecule has 21 N–H and O–H groups in total. The summed E-state index contributed by atoms with van der Waals surface area (Å²) in [5.74, 6) is -17.2. The molecule has 37 nitrogen and oxygen atoms in total. The lowest BCUT2D eigenvalue weighted by atomic mass is 10.0. The van der Waals surface area contributed by atoms with Crippen LogP contribution in [0.15, 0.2) is 30.3 Å². The largest absolute Gasteiger partial charge is 0.481 e. The van der Waals surface area contributed by atoms with E-state index in [1.54, 1.807) is 44.2 Å². The fourth-order valence-electron chi connectivity index (χ4n) is 9.28. The predicted octanol–water partition coefficient (Wildman–Crippen LogP) is -8.27. The quantitative estimate of drug-likeness (QED) is 0.0289. The van der Waals surface area contributed by atoms with Gasteiger partial charge < -0.3 is 106 Å². The first kappa shape index (κ1) is 82.2. The molecule has 37 heteroatoms. The van der Waals surface area contributed by atoms with Crippen LogP contribution in [-0.2, 0) is 87.9 Å². The van der Waals surface area contributed by atoms with Gasteiger partial charge in [-0.2, -0.15) is 0 Å². The van der Waals surface area contributed by atoms with Crippen LogP contribution in [0.2, 0.25) is 0 Å². The van der Waals surface area contributed by atoms with E-state index in [0.717, 1.165) is 11.8 Å². The zero-order chi connectivity index (χ0) is 72.7. The van der Waals surface area contributed by atoms with Crippen LogP contribution in [0.4, 0.5) is 0 Å². The summed E-state index contributed by atoms with van der Waals surface area (Å²) in [6.45, 7) is 7.85. The highest BCUT2D eigenvalue weighted by molar-refractivity contribution is 6.00. The Labute approximate surface area is 552 Å². The van der Waals surface area contributed by atoms with Gasteiger partial charge in [-0.25, -0.2) is 0 Å². The molecule has 1 aromatic carbocycles. The van der Waals surface area contributed by atoms with E-state index in [4.69, 9.17) is 16.6 Å². The number of likely N-dealkylation sites (tertiary alicyclic amines) is 1. The van der Waals surface area contributed by atoms with Gasteiger partial charge in [-0.05, 0) is 77.2 Å². The number of carboxylic acid groups (broad SMARTS) is 2. The van der Waals surface area contributed by atoms with Crippen LogP contribution in [0.25, 0.3) is 0 Å². The molecule has 0 bridgehead atoms. The first-order valence-electron chi connectivity index (χ1n) is 30.9. The maximum Gasteiger partial charge on any atom is 0.322 e. The molecule has 0 aromatic heterocycles. The molecule has 1 heterocycles. The molecule has 96 heavy (non-hydrogen) atoms. The van der Waals surface area contributed by atoms with Gasteiger partial charge in [0.15, 0.2) is 0 Å². The van der Waals surface area contributed by atoms with Crippen molar-refractivity contribution in [1.82, 2.24) is 74.0 Å². The van der Waals surface area contributed by atoms with Crippen LogP contribution in [0, 0.1) is 11.8 Å². The van der Waals surface area contributed by atoms with Crippen molar-refractivity contribution in [1.29, 1.82) is 0 Å². The summed E-state index contributed by atoms with van der Waals surface area (Å²) in [5.41, 5.74) is 11.5. The lowest BCUT2D eigenvalue weighted by Gasteiger charge is -2.29. The highest BCUT2D eigenvalue weighted by atomic mass is 16.4. The Kier molecular flexibility index (Phi) is 35.1. The maximum atomic E-state index is 14.1. The Morgan fingerprint density at radius 2 is 1.00 bits per heavy atom. The van der Waals surface area contributed by atoms with Crippen molar-refractivity contribution in [3.8, 4) is 0 Å². The summed E-state index contributed by atoms with van der Waals surface area (Å²) in [6, 6.07) is -7.38. The van der Waals surface area contributed by atoms with Crippen LogP contribution < -0.4 is 80.6 Å². The third-order valence-corrected chi connectivity index (χ3v) is 14.3. The van der Waals surface area contributed by atoms with Crippen LogP contribution >= 0.6 is 0 Å². The summed E-state index contributed by atoms with van der Waals surface area (Å²) >= 11 is 0. The number of nitrogens with one attached hydrogen (secondary N) is 13. The second kappa shape index (κ2) is 41.0. The molecule has 12 atom stereocenters. The van der Waals surface area contributed by atoms with E-state index >= 15 is 0 Å². The van der Waals surface area contributed by atoms with E-state index < -0.39 is 225 Å². The minimum Gasteiger partial charge on any atom is -0.481 e.